The summed E-state index contributed by atoms with van der Waals surface area (Å²) in [6, 6.07) is 7.24. The first-order chi connectivity index (χ1) is 9.65. The fourth-order valence-electron chi connectivity index (χ4n) is 3.06. The van der Waals surface area contributed by atoms with Crippen molar-refractivity contribution in [1.82, 2.24) is 0 Å². The lowest BCUT2D eigenvalue weighted by molar-refractivity contribution is 0.457. The zero-order valence-electron chi connectivity index (χ0n) is 11.1. The summed E-state index contributed by atoms with van der Waals surface area (Å²) in [4.78, 5) is 1.46. The zero-order valence-corrected chi connectivity index (χ0v) is 13.5. The molecule has 20 heavy (non-hydrogen) atoms. The van der Waals surface area contributed by atoms with Crippen LogP contribution in [0.2, 0.25) is 0 Å². The predicted octanol–water partition coefficient (Wildman–Crippen LogP) is 4.64. The van der Waals surface area contributed by atoms with E-state index in [1.807, 2.05) is 17.4 Å². The van der Waals surface area contributed by atoms with Gasteiger partial charge in [-0.15, -0.1) is 11.3 Å². The Labute approximate surface area is 131 Å². The maximum absolute atomic E-state index is 13.9. The molecule has 1 aromatic heterocycles. The highest BCUT2D eigenvalue weighted by Gasteiger charge is 2.27. The molecule has 4 heteroatoms. The molecule has 1 heterocycles. The summed E-state index contributed by atoms with van der Waals surface area (Å²) in [6.07, 6.45) is 4.06. The molecule has 0 fully saturated rings. The molecule has 1 aliphatic rings. The molecule has 1 nitrogen and oxygen atoms in total. The molecular formula is C16H17BrFNS. The van der Waals surface area contributed by atoms with Crippen molar-refractivity contribution in [2.24, 2.45) is 5.73 Å². The number of hydrogen-bond donors (Lipinski definition) is 1. The summed E-state index contributed by atoms with van der Waals surface area (Å²) in [5.41, 5.74) is 8.49. The largest absolute Gasteiger partial charge is 0.327 e. The number of halogens is 2. The molecule has 0 saturated carbocycles. The summed E-state index contributed by atoms with van der Waals surface area (Å²) >= 11 is 5.22. The van der Waals surface area contributed by atoms with Gasteiger partial charge in [-0.2, -0.15) is 0 Å². The second-order valence-corrected chi connectivity index (χ2v) is 7.32. The Hall–Kier alpha value is -0.710. The van der Waals surface area contributed by atoms with Crippen LogP contribution in [0.1, 0.15) is 34.8 Å². The van der Waals surface area contributed by atoms with Crippen molar-refractivity contribution < 1.29 is 4.39 Å². The van der Waals surface area contributed by atoms with E-state index in [-0.39, 0.29) is 11.9 Å². The minimum atomic E-state index is -0.162. The zero-order chi connectivity index (χ0) is 14.1. The van der Waals surface area contributed by atoms with Crippen molar-refractivity contribution >= 4 is 27.3 Å². The Morgan fingerprint density at radius 3 is 3.10 bits per heavy atom. The van der Waals surface area contributed by atoms with Crippen molar-refractivity contribution in [3.63, 3.8) is 0 Å². The normalized spacial score (nSPS) is 19.6. The molecule has 3 rings (SSSR count). The van der Waals surface area contributed by atoms with Crippen molar-refractivity contribution in [1.29, 1.82) is 0 Å². The maximum Gasteiger partial charge on any atom is 0.126 e. The molecule has 106 valence electrons. The summed E-state index contributed by atoms with van der Waals surface area (Å²) in [7, 11) is 0. The van der Waals surface area contributed by atoms with Gasteiger partial charge in [0.05, 0.1) is 0 Å². The van der Waals surface area contributed by atoms with E-state index in [1.165, 1.54) is 29.3 Å². The second-order valence-electron chi connectivity index (χ2n) is 5.40. The van der Waals surface area contributed by atoms with Crippen LogP contribution >= 0.6 is 27.3 Å². The van der Waals surface area contributed by atoms with Gasteiger partial charge >= 0.3 is 0 Å². The van der Waals surface area contributed by atoms with Gasteiger partial charge in [0.1, 0.15) is 5.82 Å². The van der Waals surface area contributed by atoms with Crippen LogP contribution < -0.4 is 5.73 Å². The minimum absolute atomic E-state index is 0.0209. The monoisotopic (exact) mass is 353 g/mol. The minimum Gasteiger partial charge on any atom is -0.327 e. The van der Waals surface area contributed by atoms with Gasteiger partial charge in [-0.25, -0.2) is 4.39 Å². The van der Waals surface area contributed by atoms with Crippen LogP contribution in [0.3, 0.4) is 0 Å². The number of nitrogens with two attached hydrogens (primary N) is 1. The van der Waals surface area contributed by atoms with Gasteiger partial charge in [-0.1, -0.05) is 15.9 Å². The maximum atomic E-state index is 13.9. The Morgan fingerprint density at radius 1 is 1.40 bits per heavy atom. The first kappa shape index (κ1) is 14.2. The second kappa shape index (κ2) is 5.96. The summed E-state index contributed by atoms with van der Waals surface area (Å²) in [5, 5.41) is 2.15. The Morgan fingerprint density at radius 2 is 2.25 bits per heavy atom. The summed E-state index contributed by atoms with van der Waals surface area (Å²) < 4.78 is 14.8. The van der Waals surface area contributed by atoms with Crippen LogP contribution in [0.15, 0.2) is 34.1 Å². The SMILES string of the molecule is NC(Cc1cc(Br)ccc1F)C1CCCc2sccc21. The third-order valence-corrected chi connectivity index (χ3v) is 5.57. The van der Waals surface area contributed by atoms with Crippen molar-refractivity contribution in [3.8, 4) is 0 Å². The van der Waals surface area contributed by atoms with Gasteiger partial charge in [0.2, 0.25) is 0 Å². The van der Waals surface area contributed by atoms with E-state index in [1.54, 1.807) is 6.07 Å². The van der Waals surface area contributed by atoms with Crippen LogP contribution in [0.4, 0.5) is 4.39 Å². The molecule has 2 aromatic rings. The molecule has 2 unspecified atom stereocenters. The number of rotatable bonds is 3. The van der Waals surface area contributed by atoms with Crippen LogP contribution in [0.5, 0.6) is 0 Å². The first-order valence-electron chi connectivity index (χ1n) is 6.91. The van der Waals surface area contributed by atoms with Crippen LogP contribution in [-0.2, 0) is 12.8 Å². The molecule has 2 N–H and O–H groups in total. The van der Waals surface area contributed by atoms with Crippen LogP contribution in [0, 0.1) is 5.82 Å². The smallest absolute Gasteiger partial charge is 0.126 e. The van der Waals surface area contributed by atoms with E-state index in [0.29, 0.717) is 17.9 Å². The molecule has 0 aliphatic heterocycles. The van der Waals surface area contributed by atoms with E-state index in [2.05, 4.69) is 27.4 Å². The highest BCUT2D eigenvalue weighted by Crippen LogP contribution is 2.37. The predicted molar refractivity (Wildman–Crippen MR) is 85.8 cm³/mol. The van der Waals surface area contributed by atoms with Crippen LogP contribution in [-0.4, -0.2) is 6.04 Å². The number of hydrogen-bond acceptors (Lipinski definition) is 2. The molecular weight excluding hydrogens is 337 g/mol. The first-order valence-corrected chi connectivity index (χ1v) is 8.58. The molecule has 0 bridgehead atoms. The van der Waals surface area contributed by atoms with Crippen LogP contribution in [0.25, 0.3) is 0 Å². The average Bonchev–Trinajstić information content (AvgIpc) is 2.91. The van der Waals surface area contributed by atoms with Crippen molar-refractivity contribution in [2.45, 2.75) is 37.6 Å². The van der Waals surface area contributed by atoms with Gasteiger partial charge < -0.3 is 5.73 Å². The molecule has 0 amide bonds. The third-order valence-electron chi connectivity index (χ3n) is 4.08. The van der Waals surface area contributed by atoms with E-state index in [4.69, 9.17) is 5.73 Å². The van der Waals surface area contributed by atoms with Gasteiger partial charge in [0, 0.05) is 21.3 Å². The number of fused-ring (bicyclic) bond motifs is 1. The Bertz CT molecular complexity index is 610. The van der Waals surface area contributed by atoms with E-state index >= 15 is 0 Å². The van der Waals surface area contributed by atoms with Gasteiger partial charge in [0.15, 0.2) is 0 Å². The summed E-state index contributed by atoms with van der Waals surface area (Å²) in [6.45, 7) is 0. The van der Waals surface area contributed by atoms with E-state index < -0.39 is 0 Å². The Kier molecular flexibility index (Phi) is 4.24. The van der Waals surface area contributed by atoms with Gasteiger partial charge in [0.25, 0.3) is 0 Å². The van der Waals surface area contributed by atoms with Gasteiger partial charge in [-0.05, 0) is 66.5 Å². The van der Waals surface area contributed by atoms with E-state index in [9.17, 15) is 4.39 Å². The highest BCUT2D eigenvalue weighted by atomic mass is 79.9. The lowest BCUT2D eigenvalue weighted by Gasteiger charge is -2.28. The van der Waals surface area contributed by atoms with Crippen molar-refractivity contribution in [3.05, 3.63) is 55.9 Å². The quantitative estimate of drug-likeness (QED) is 0.854. The highest BCUT2D eigenvalue weighted by molar-refractivity contribution is 9.10. The molecule has 0 radical (unpaired) electrons. The molecule has 1 aromatic carbocycles. The molecule has 0 saturated heterocycles. The average molecular weight is 354 g/mol. The van der Waals surface area contributed by atoms with Crippen molar-refractivity contribution in [2.75, 3.05) is 0 Å². The summed E-state index contributed by atoms with van der Waals surface area (Å²) in [5.74, 6) is 0.202. The van der Waals surface area contributed by atoms with Gasteiger partial charge in [-0.3, -0.25) is 0 Å². The Balaban J connectivity index is 1.81. The molecule has 1 aliphatic carbocycles. The molecule has 0 spiro atoms. The lowest BCUT2D eigenvalue weighted by Crippen LogP contribution is -2.32. The standard InChI is InChI=1S/C16H17BrFNS/c17-11-4-5-14(18)10(8-11)9-15(19)12-2-1-3-16-13(12)6-7-20-16/h4-8,12,15H,1-3,9,19H2. The topological polar surface area (TPSA) is 26.0 Å². The number of aryl methyl sites for hydroxylation is 1. The number of benzene rings is 1. The fraction of sp³-hybridized carbons (Fsp3) is 0.375. The lowest BCUT2D eigenvalue weighted by atomic mass is 9.81. The van der Waals surface area contributed by atoms with E-state index in [0.717, 1.165) is 10.9 Å². The fourth-order valence-corrected chi connectivity index (χ4v) is 4.47. The number of thiophene rings is 1. The third kappa shape index (κ3) is 2.83. The molecule has 2 atom stereocenters.